The highest BCUT2D eigenvalue weighted by Gasteiger charge is 2.23. The largest absolute Gasteiger partial charge is 0.448 e. The van der Waals surface area contributed by atoms with Gasteiger partial charge in [0.1, 0.15) is 5.69 Å². The summed E-state index contributed by atoms with van der Waals surface area (Å²) in [5.41, 5.74) is 2.22. The standard InChI is InChI=1S/C20H20N2O3/c1-14(19(23)22(2)13-15-8-4-3-5-9-15)25-20(24)18-12-16-10-6-7-11-17(16)21-18/h3-12,14,21H,13H2,1-2H3/t14-/m1/s1. The molecule has 3 rings (SSSR count). The maximum atomic E-state index is 12.4. The molecular weight excluding hydrogens is 316 g/mol. The molecule has 5 heteroatoms. The van der Waals surface area contributed by atoms with Gasteiger partial charge in [0.05, 0.1) is 0 Å². The summed E-state index contributed by atoms with van der Waals surface area (Å²) in [6, 6.07) is 19.0. The van der Waals surface area contributed by atoms with Crippen LogP contribution in [0.25, 0.3) is 10.9 Å². The molecule has 1 heterocycles. The second-order valence-electron chi connectivity index (χ2n) is 6.00. The predicted molar refractivity (Wildman–Crippen MR) is 96.1 cm³/mol. The third kappa shape index (κ3) is 3.88. The number of nitrogens with zero attached hydrogens (tertiary/aromatic N) is 1. The first-order valence-corrected chi connectivity index (χ1v) is 8.12. The molecule has 0 saturated heterocycles. The van der Waals surface area contributed by atoms with Gasteiger partial charge < -0.3 is 14.6 Å². The molecule has 0 aliphatic heterocycles. The van der Waals surface area contributed by atoms with Crippen LogP contribution in [0.2, 0.25) is 0 Å². The zero-order valence-corrected chi connectivity index (χ0v) is 14.2. The molecular formula is C20H20N2O3. The van der Waals surface area contributed by atoms with Crippen molar-refractivity contribution >= 4 is 22.8 Å². The quantitative estimate of drug-likeness (QED) is 0.727. The van der Waals surface area contributed by atoms with E-state index in [0.717, 1.165) is 16.5 Å². The Morgan fingerprint density at radius 3 is 2.48 bits per heavy atom. The van der Waals surface area contributed by atoms with Crippen LogP contribution in [0.3, 0.4) is 0 Å². The Labute approximate surface area is 146 Å². The van der Waals surface area contributed by atoms with Crippen molar-refractivity contribution < 1.29 is 14.3 Å². The van der Waals surface area contributed by atoms with Crippen LogP contribution in [-0.2, 0) is 16.1 Å². The van der Waals surface area contributed by atoms with Gasteiger partial charge in [-0.05, 0) is 24.6 Å². The van der Waals surface area contributed by atoms with E-state index in [4.69, 9.17) is 4.74 Å². The first kappa shape index (κ1) is 16.8. The lowest BCUT2D eigenvalue weighted by Gasteiger charge is -2.21. The fourth-order valence-electron chi connectivity index (χ4n) is 2.70. The SMILES string of the molecule is C[C@@H](OC(=O)c1cc2ccccc2[nH]1)C(=O)N(C)Cc1ccccc1. The summed E-state index contributed by atoms with van der Waals surface area (Å²) in [5.74, 6) is -0.779. The number of carbonyl (C=O) groups is 2. The fraction of sp³-hybridized carbons (Fsp3) is 0.200. The number of aromatic nitrogens is 1. The number of benzene rings is 2. The number of para-hydroxylation sites is 1. The summed E-state index contributed by atoms with van der Waals surface area (Å²) >= 11 is 0. The topological polar surface area (TPSA) is 62.4 Å². The molecule has 0 aliphatic carbocycles. The molecule has 3 aromatic rings. The van der Waals surface area contributed by atoms with Crippen molar-refractivity contribution in [1.82, 2.24) is 9.88 Å². The maximum Gasteiger partial charge on any atom is 0.355 e. The van der Waals surface area contributed by atoms with Crippen molar-refractivity contribution in [3.63, 3.8) is 0 Å². The minimum absolute atomic E-state index is 0.242. The van der Waals surface area contributed by atoms with Crippen LogP contribution in [0.5, 0.6) is 0 Å². The number of fused-ring (bicyclic) bond motifs is 1. The third-order valence-corrected chi connectivity index (χ3v) is 4.02. The monoisotopic (exact) mass is 336 g/mol. The van der Waals surface area contributed by atoms with E-state index in [9.17, 15) is 9.59 Å². The Morgan fingerprint density at radius 2 is 1.76 bits per heavy atom. The number of likely N-dealkylation sites (N-methyl/N-ethyl adjacent to an activating group) is 1. The van der Waals surface area contributed by atoms with E-state index in [0.29, 0.717) is 12.2 Å². The molecule has 0 fully saturated rings. The lowest BCUT2D eigenvalue weighted by molar-refractivity contribution is -0.139. The number of nitrogens with one attached hydrogen (secondary N) is 1. The molecule has 5 nitrogen and oxygen atoms in total. The third-order valence-electron chi connectivity index (χ3n) is 4.02. The molecule has 25 heavy (non-hydrogen) atoms. The van der Waals surface area contributed by atoms with Gasteiger partial charge in [0.25, 0.3) is 5.91 Å². The van der Waals surface area contributed by atoms with E-state index in [1.165, 1.54) is 0 Å². The van der Waals surface area contributed by atoms with Gasteiger partial charge in [-0.15, -0.1) is 0 Å². The maximum absolute atomic E-state index is 12.4. The highest BCUT2D eigenvalue weighted by molar-refractivity contribution is 5.96. The normalized spacial score (nSPS) is 11.9. The smallest absolute Gasteiger partial charge is 0.355 e. The number of hydrogen-bond acceptors (Lipinski definition) is 3. The molecule has 0 spiro atoms. The number of ether oxygens (including phenoxy) is 1. The number of aromatic amines is 1. The van der Waals surface area contributed by atoms with Gasteiger partial charge in [0.2, 0.25) is 0 Å². The number of amides is 1. The predicted octanol–water partition coefficient (Wildman–Crippen LogP) is 3.37. The van der Waals surface area contributed by atoms with Crippen LogP contribution in [0.4, 0.5) is 0 Å². The molecule has 1 N–H and O–H groups in total. The van der Waals surface area contributed by atoms with Crippen molar-refractivity contribution in [2.75, 3.05) is 7.05 Å². The Hall–Kier alpha value is -3.08. The molecule has 128 valence electrons. The summed E-state index contributed by atoms with van der Waals surface area (Å²) in [7, 11) is 1.70. The summed E-state index contributed by atoms with van der Waals surface area (Å²) in [5, 5.41) is 0.926. The van der Waals surface area contributed by atoms with Crippen LogP contribution in [-0.4, -0.2) is 34.9 Å². The highest BCUT2D eigenvalue weighted by Crippen LogP contribution is 2.16. The molecule has 0 aliphatic rings. The minimum Gasteiger partial charge on any atom is -0.448 e. The van der Waals surface area contributed by atoms with E-state index in [2.05, 4.69) is 4.98 Å². The fourth-order valence-corrected chi connectivity index (χ4v) is 2.70. The van der Waals surface area contributed by atoms with Crippen molar-refractivity contribution in [2.24, 2.45) is 0 Å². The Kier molecular flexibility index (Phi) is 4.84. The van der Waals surface area contributed by atoms with Crippen molar-refractivity contribution in [3.8, 4) is 0 Å². The van der Waals surface area contributed by atoms with Gasteiger partial charge in [-0.1, -0.05) is 48.5 Å². The molecule has 0 radical (unpaired) electrons. The number of hydrogen-bond donors (Lipinski definition) is 1. The molecule has 0 unspecified atom stereocenters. The minimum atomic E-state index is -0.854. The summed E-state index contributed by atoms with van der Waals surface area (Å²) in [4.78, 5) is 29.3. The zero-order valence-electron chi connectivity index (χ0n) is 14.2. The van der Waals surface area contributed by atoms with Gasteiger partial charge in [-0.3, -0.25) is 4.79 Å². The molecule has 2 aromatic carbocycles. The first-order valence-electron chi connectivity index (χ1n) is 8.12. The first-order chi connectivity index (χ1) is 12.0. The lowest BCUT2D eigenvalue weighted by atomic mass is 10.2. The van der Waals surface area contributed by atoms with Crippen LogP contribution in [0.1, 0.15) is 23.0 Å². The number of esters is 1. The molecule has 0 saturated carbocycles. The van der Waals surface area contributed by atoms with Gasteiger partial charge in [-0.2, -0.15) is 0 Å². The van der Waals surface area contributed by atoms with Crippen LogP contribution < -0.4 is 0 Å². The molecule has 1 aromatic heterocycles. The molecule has 1 atom stereocenters. The second kappa shape index (κ2) is 7.21. The Balaban J connectivity index is 1.63. The highest BCUT2D eigenvalue weighted by atomic mass is 16.5. The number of rotatable bonds is 5. The van der Waals surface area contributed by atoms with E-state index in [1.54, 1.807) is 24.9 Å². The van der Waals surface area contributed by atoms with Crippen LogP contribution in [0, 0.1) is 0 Å². The van der Waals surface area contributed by atoms with Gasteiger partial charge in [-0.25, -0.2) is 4.79 Å². The molecule has 0 bridgehead atoms. The Bertz CT molecular complexity index is 853. The number of carbonyl (C=O) groups excluding carboxylic acids is 2. The van der Waals surface area contributed by atoms with Gasteiger partial charge >= 0.3 is 5.97 Å². The van der Waals surface area contributed by atoms with E-state index < -0.39 is 12.1 Å². The number of H-pyrrole nitrogens is 1. The van der Waals surface area contributed by atoms with Gasteiger partial charge in [0, 0.05) is 24.5 Å². The lowest BCUT2D eigenvalue weighted by Crippen LogP contribution is -2.37. The van der Waals surface area contributed by atoms with Crippen molar-refractivity contribution in [3.05, 3.63) is 71.9 Å². The zero-order chi connectivity index (χ0) is 17.8. The Morgan fingerprint density at radius 1 is 1.08 bits per heavy atom. The van der Waals surface area contributed by atoms with Crippen molar-refractivity contribution in [2.45, 2.75) is 19.6 Å². The summed E-state index contributed by atoms with van der Waals surface area (Å²) in [6.07, 6.45) is -0.854. The average molecular weight is 336 g/mol. The summed E-state index contributed by atoms with van der Waals surface area (Å²) in [6.45, 7) is 2.05. The van der Waals surface area contributed by atoms with Crippen LogP contribution in [0.15, 0.2) is 60.7 Å². The van der Waals surface area contributed by atoms with Gasteiger partial charge in [0.15, 0.2) is 6.10 Å². The van der Waals surface area contributed by atoms with E-state index in [-0.39, 0.29) is 5.91 Å². The average Bonchev–Trinajstić information content (AvgIpc) is 3.06. The van der Waals surface area contributed by atoms with Crippen LogP contribution >= 0.6 is 0 Å². The second-order valence-corrected chi connectivity index (χ2v) is 6.00. The summed E-state index contributed by atoms with van der Waals surface area (Å²) < 4.78 is 5.33. The van der Waals surface area contributed by atoms with E-state index in [1.807, 2.05) is 54.6 Å². The molecule has 1 amide bonds. The van der Waals surface area contributed by atoms with Crippen molar-refractivity contribution in [1.29, 1.82) is 0 Å². The van der Waals surface area contributed by atoms with E-state index >= 15 is 0 Å².